The summed E-state index contributed by atoms with van der Waals surface area (Å²) in [6, 6.07) is 6.57. The fraction of sp³-hybridized carbons (Fsp3) is 0.500. The van der Waals surface area contributed by atoms with Gasteiger partial charge in [0.05, 0.1) is 5.92 Å². The fourth-order valence-corrected chi connectivity index (χ4v) is 3.98. The smallest absolute Gasteiger partial charge is 0.306 e. The van der Waals surface area contributed by atoms with Crippen molar-refractivity contribution in [2.75, 3.05) is 13.1 Å². The first-order valence-electron chi connectivity index (χ1n) is 8.73. The Kier molecular flexibility index (Phi) is 4.74. The fourth-order valence-electron chi connectivity index (χ4n) is 3.98. The summed E-state index contributed by atoms with van der Waals surface area (Å²) in [7, 11) is 0. The van der Waals surface area contributed by atoms with Crippen LogP contribution in [0.4, 0.5) is 0 Å². The Labute approximate surface area is 143 Å². The summed E-state index contributed by atoms with van der Waals surface area (Å²) in [5.41, 5.74) is 5.08. The number of carbonyl (C=O) groups excluding carboxylic acids is 1. The lowest BCUT2D eigenvalue weighted by Crippen LogP contribution is -2.38. The number of aryl methyl sites for hydroxylation is 2. The Morgan fingerprint density at radius 3 is 2.29 bits per heavy atom. The van der Waals surface area contributed by atoms with Gasteiger partial charge in [-0.15, -0.1) is 0 Å². The molecule has 0 aromatic heterocycles. The van der Waals surface area contributed by atoms with E-state index < -0.39 is 5.97 Å². The lowest BCUT2D eigenvalue weighted by atomic mass is 9.95. The Morgan fingerprint density at radius 2 is 1.75 bits per heavy atom. The highest BCUT2D eigenvalue weighted by molar-refractivity contribution is 5.82. The Bertz CT molecular complexity index is 672. The van der Waals surface area contributed by atoms with Crippen LogP contribution in [0, 0.1) is 25.7 Å². The molecule has 24 heavy (non-hydrogen) atoms. The van der Waals surface area contributed by atoms with E-state index in [4.69, 9.17) is 5.11 Å². The van der Waals surface area contributed by atoms with Gasteiger partial charge in [-0.3, -0.25) is 9.59 Å². The van der Waals surface area contributed by atoms with Crippen LogP contribution in [0.2, 0.25) is 0 Å². The van der Waals surface area contributed by atoms with E-state index in [2.05, 4.69) is 38.1 Å². The van der Waals surface area contributed by atoms with E-state index in [9.17, 15) is 9.59 Å². The minimum Gasteiger partial charge on any atom is -0.481 e. The number of rotatable bonds is 3. The third-order valence-corrected chi connectivity index (χ3v) is 5.24. The molecule has 0 bridgehead atoms. The summed E-state index contributed by atoms with van der Waals surface area (Å²) in [5.74, 6) is -1.08. The molecule has 1 aliphatic heterocycles. The second-order valence-electron chi connectivity index (χ2n) is 7.19. The summed E-state index contributed by atoms with van der Waals surface area (Å²) in [5, 5.41) is 9.09. The molecule has 1 fully saturated rings. The SMILES string of the molecule is Cc1cc(C)cc(C2=CCN(C(=O)[C@@H]3CC[C@H](C(=O)O)C3)CC2)c1. The van der Waals surface area contributed by atoms with Crippen molar-refractivity contribution in [3.05, 3.63) is 41.0 Å². The molecule has 0 radical (unpaired) electrons. The van der Waals surface area contributed by atoms with Crippen molar-refractivity contribution in [3.63, 3.8) is 0 Å². The summed E-state index contributed by atoms with van der Waals surface area (Å²) < 4.78 is 0. The van der Waals surface area contributed by atoms with E-state index in [-0.39, 0.29) is 17.7 Å². The molecular formula is C20H25NO3. The lowest BCUT2D eigenvalue weighted by Gasteiger charge is -2.29. The van der Waals surface area contributed by atoms with Crippen molar-refractivity contribution in [1.29, 1.82) is 0 Å². The van der Waals surface area contributed by atoms with Crippen molar-refractivity contribution >= 4 is 17.4 Å². The Hall–Kier alpha value is -2.10. The van der Waals surface area contributed by atoms with E-state index in [1.165, 1.54) is 22.3 Å². The monoisotopic (exact) mass is 327 g/mol. The standard InChI is InChI=1S/C20H25NO3/c1-13-9-14(2)11-18(10-13)15-5-7-21(8-6-15)19(22)16-3-4-17(12-16)20(23)24/h5,9-11,16-17H,3-4,6-8,12H2,1-2H3,(H,23,24)/t16-,17+/m1/s1. The maximum absolute atomic E-state index is 12.6. The van der Waals surface area contributed by atoms with Crippen LogP contribution in [0.25, 0.3) is 5.57 Å². The molecule has 2 aliphatic rings. The van der Waals surface area contributed by atoms with Crippen LogP contribution in [0.15, 0.2) is 24.3 Å². The molecule has 1 amide bonds. The maximum atomic E-state index is 12.6. The summed E-state index contributed by atoms with van der Waals surface area (Å²) in [6.45, 7) is 5.57. The van der Waals surface area contributed by atoms with Crippen LogP contribution in [-0.2, 0) is 9.59 Å². The lowest BCUT2D eigenvalue weighted by molar-refractivity contribution is -0.141. The number of hydrogen-bond acceptors (Lipinski definition) is 2. The van der Waals surface area contributed by atoms with Crippen molar-refractivity contribution in [1.82, 2.24) is 4.90 Å². The minimum atomic E-state index is -0.763. The predicted octanol–water partition coefficient (Wildman–Crippen LogP) is 3.42. The van der Waals surface area contributed by atoms with Gasteiger partial charge in [0, 0.05) is 19.0 Å². The third kappa shape index (κ3) is 3.53. The van der Waals surface area contributed by atoms with Gasteiger partial charge in [-0.1, -0.05) is 35.4 Å². The number of carboxylic acids is 1. The van der Waals surface area contributed by atoms with Crippen LogP contribution >= 0.6 is 0 Å². The largest absolute Gasteiger partial charge is 0.481 e. The van der Waals surface area contributed by atoms with E-state index >= 15 is 0 Å². The molecule has 4 nitrogen and oxygen atoms in total. The summed E-state index contributed by atoms with van der Waals surface area (Å²) >= 11 is 0. The Morgan fingerprint density at radius 1 is 1.08 bits per heavy atom. The van der Waals surface area contributed by atoms with Crippen LogP contribution in [0.5, 0.6) is 0 Å². The van der Waals surface area contributed by atoms with E-state index in [0.717, 1.165) is 13.0 Å². The number of carboxylic acid groups (broad SMARTS) is 1. The maximum Gasteiger partial charge on any atom is 0.306 e. The molecule has 0 saturated heterocycles. The van der Waals surface area contributed by atoms with Crippen molar-refractivity contribution in [3.8, 4) is 0 Å². The quantitative estimate of drug-likeness (QED) is 0.925. The van der Waals surface area contributed by atoms with Gasteiger partial charge in [0.15, 0.2) is 0 Å². The van der Waals surface area contributed by atoms with Crippen LogP contribution in [0.3, 0.4) is 0 Å². The average molecular weight is 327 g/mol. The summed E-state index contributed by atoms with van der Waals surface area (Å²) in [6.07, 6.45) is 4.85. The second-order valence-corrected chi connectivity index (χ2v) is 7.19. The normalized spacial score (nSPS) is 23.9. The molecule has 1 aromatic rings. The average Bonchev–Trinajstić information content (AvgIpc) is 3.03. The van der Waals surface area contributed by atoms with Crippen LogP contribution in [-0.4, -0.2) is 35.0 Å². The highest BCUT2D eigenvalue weighted by Gasteiger charge is 2.36. The summed E-state index contributed by atoms with van der Waals surface area (Å²) in [4.78, 5) is 25.6. The van der Waals surface area contributed by atoms with Gasteiger partial charge in [-0.2, -0.15) is 0 Å². The molecule has 4 heteroatoms. The van der Waals surface area contributed by atoms with E-state index in [1.54, 1.807) is 0 Å². The number of benzene rings is 1. The zero-order valence-electron chi connectivity index (χ0n) is 14.4. The molecule has 1 saturated carbocycles. The van der Waals surface area contributed by atoms with Gasteiger partial charge < -0.3 is 10.0 Å². The van der Waals surface area contributed by atoms with E-state index in [0.29, 0.717) is 25.8 Å². The molecule has 3 rings (SSSR count). The zero-order chi connectivity index (χ0) is 17.3. The highest BCUT2D eigenvalue weighted by atomic mass is 16.4. The number of aliphatic carboxylic acids is 1. The number of hydrogen-bond donors (Lipinski definition) is 1. The molecule has 1 aliphatic carbocycles. The Balaban J connectivity index is 1.64. The molecule has 1 N–H and O–H groups in total. The zero-order valence-corrected chi connectivity index (χ0v) is 14.4. The van der Waals surface area contributed by atoms with Crippen LogP contribution in [0.1, 0.15) is 42.4 Å². The molecule has 128 valence electrons. The van der Waals surface area contributed by atoms with Gasteiger partial charge in [0.2, 0.25) is 5.91 Å². The highest BCUT2D eigenvalue weighted by Crippen LogP contribution is 2.33. The number of carbonyl (C=O) groups is 2. The molecular weight excluding hydrogens is 302 g/mol. The van der Waals surface area contributed by atoms with Gasteiger partial charge in [-0.25, -0.2) is 0 Å². The van der Waals surface area contributed by atoms with Gasteiger partial charge in [0.1, 0.15) is 0 Å². The molecule has 0 unspecified atom stereocenters. The predicted molar refractivity (Wildman–Crippen MR) is 93.6 cm³/mol. The first kappa shape index (κ1) is 16.7. The molecule has 1 aromatic carbocycles. The van der Waals surface area contributed by atoms with E-state index in [1.807, 2.05) is 4.90 Å². The van der Waals surface area contributed by atoms with Crippen molar-refractivity contribution < 1.29 is 14.7 Å². The molecule has 1 heterocycles. The van der Waals surface area contributed by atoms with Crippen molar-refractivity contribution in [2.24, 2.45) is 11.8 Å². The van der Waals surface area contributed by atoms with Gasteiger partial charge in [-0.05, 0) is 50.7 Å². The topological polar surface area (TPSA) is 57.6 Å². The first-order chi connectivity index (χ1) is 11.4. The van der Waals surface area contributed by atoms with Gasteiger partial charge in [0.25, 0.3) is 0 Å². The number of nitrogens with zero attached hydrogens (tertiary/aromatic N) is 1. The second kappa shape index (κ2) is 6.80. The van der Waals surface area contributed by atoms with Crippen molar-refractivity contribution in [2.45, 2.75) is 39.5 Å². The minimum absolute atomic E-state index is 0.109. The first-order valence-corrected chi connectivity index (χ1v) is 8.73. The molecule has 2 atom stereocenters. The number of amides is 1. The van der Waals surface area contributed by atoms with Crippen LogP contribution < -0.4 is 0 Å². The third-order valence-electron chi connectivity index (χ3n) is 5.24. The van der Waals surface area contributed by atoms with Gasteiger partial charge >= 0.3 is 5.97 Å². The molecule has 0 spiro atoms.